The molecular formula is C52H66I2N4O2. The van der Waals surface area contributed by atoms with Gasteiger partial charge in [0, 0.05) is 16.5 Å². The molecule has 0 saturated heterocycles. The number of aliphatic hydroxyl groups is 2. The van der Waals surface area contributed by atoms with E-state index in [-0.39, 0.29) is 41.6 Å². The van der Waals surface area contributed by atoms with Gasteiger partial charge >= 0.3 is 0 Å². The van der Waals surface area contributed by atoms with E-state index in [1.807, 2.05) is 30.6 Å². The standard InChI is InChI=1S/C26H32N2O.C19H27IO.C7H6N2.HI/c1-25-13-11-18(29)15-17(25)7-8-19-20-9-10-24(26(20,2)14-12-21(19)25)28-16-27-22-5-3-4-6-23(22)28;1-18-9-7-13(21)11-12(18)3-4-14-15-5-6-17(20)19(15,2)10-8-16(14)18;1-2-4-7-6(3-1)8-5-9-7;/h3-7,10,16,18-21,29H,8-9,11-15H2,1-2H3;3,6,13-16,21H,4-5,7-11H2,1-2H3;1-5H,(H,8,9);1H/t18-,19?,20?,21?,25-,26-;13-,14?,15?,16?,18-,19-;;/m00../s1. The first-order valence-electron chi connectivity index (χ1n) is 23.0. The highest BCUT2D eigenvalue weighted by molar-refractivity contribution is 14.1. The van der Waals surface area contributed by atoms with Gasteiger partial charge in [0.2, 0.25) is 0 Å². The lowest BCUT2D eigenvalue weighted by molar-refractivity contribution is -0.0268. The van der Waals surface area contributed by atoms with E-state index in [4.69, 9.17) is 0 Å². The summed E-state index contributed by atoms with van der Waals surface area (Å²) in [6.45, 7) is 10.1. The van der Waals surface area contributed by atoms with Gasteiger partial charge in [0.15, 0.2) is 0 Å². The minimum absolute atomic E-state index is 0. The number of H-pyrrole nitrogens is 1. The van der Waals surface area contributed by atoms with E-state index < -0.39 is 0 Å². The van der Waals surface area contributed by atoms with E-state index in [2.05, 4.69) is 118 Å². The van der Waals surface area contributed by atoms with Crippen LogP contribution in [0.25, 0.3) is 27.8 Å². The number of hydrogen-bond donors (Lipinski definition) is 3. The second-order valence-corrected chi connectivity index (χ2v) is 22.0. The molecule has 4 fully saturated rings. The summed E-state index contributed by atoms with van der Waals surface area (Å²) in [5, 5.41) is 20.3. The maximum absolute atomic E-state index is 10.2. The molecule has 0 aliphatic heterocycles. The molecule has 2 aromatic heterocycles. The van der Waals surface area contributed by atoms with Crippen LogP contribution in [-0.2, 0) is 0 Å². The Morgan fingerprint density at radius 1 is 0.617 bits per heavy atom. The molecule has 12 rings (SSSR count). The van der Waals surface area contributed by atoms with Crippen LogP contribution in [0.4, 0.5) is 0 Å². The molecule has 6 nitrogen and oxygen atoms in total. The summed E-state index contributed by atoms with van der Waals surface area (Å²) in [4.78, 5) is 11.7. The van der Waals surface area contributed by atoms with Crippen LogP contribution in [0.15, 0.2) is 100 Å². The van der Waals surface area contributed by atoms with E-state index in [1.54, 1.807) is 21.1 Å². The monoisotopic (exact) mass is 1030 g/mol. The molecule has 8 aliphatic carbocycles. The van der Waals surface area contributed by atoms with Crippen LogP contribution in [0, 0.1) is 57.2 Å². The number of halogens is 2. The number of imidazole rings is 2. The normalized spacial score (nSPS) is 39.9. The predicted octanol–water partition coefficient (Wildman–Crippen LogP) is 13.2. The molecule has 0 spiro atoms. The molecule has 0 radical (unpaired) electrons. The third-order valence-electron chi connectivity index (χ3n) is 18.2. The third kappa shape index (κ3) is 6.97. The van der Waals surface area contributed by atoms with Crippen molar-refractivity contribution in [1.29, 1.82) is 0 Å². The lowest BCUT2D eigenvalue weighted by Crippen LogP contribution is -2.50. The van der Waals surface area contributed by atoms with Crippen molar-refractivity contribution in [3.8, 4) is 0 Å². The zero-order valence-electron chi connectivity index (χ0n) is 36.1. The highest BCUT2D eigenvalue weighted by atomic mass is 127. The number of aromatic nitrogens is 4. The van der Waals surface area contributed by atoms with Crippen LogP contribution in [0.2, 0.25) is 0 Å². The number of nitrogens with one attached hydrogen (secondary N) is 1. The number of rotatable bonds is 1. The Bertz CT molecular complexity index is 2330. The molecule has 0 amide bonds. The molecule has 60 heavy (non-hydrogen) atoms. The highest BCUT2D eigenvalue weighted by Gasteiger charge is 2.58. The molecule has 8 aliphatic rings. The fourth-order valence-electron chi connectivity index (χ4n) is 14.7. The third-order valence-corrected chi connectivity index (χ3v) is 19.9. The topological polar surface area (TPSA) is 87.0 Å². The maximum atomic E-state index is 10.2. The zero-order chi connectivity index (χ0) is 40.7. The molecule has 3 N–H and O–H groups in total. The Hall–Kier alpha value is -2.28. The summed E-state index contributed by atoms with van der Waals surface area (Å²) in [5.41, 5.74) is 10.5. The summed E-state index contributed by atoms with van der Waals surface area (Å²) in [6.07, 6.45) is 30.1. The van der Waals surface area contributed by atoms with Crippen molar-refractivity contribution in [3.05, 3.63) is 100 Å². The van der Waals surface area contributed by atoms with Gasteiger partial charge < -0.3 is 19.8 Å². The van der Waals surface area contributed by atoms with Crippen molar-refractivity contribution in [2.75, 3.05) is 0 Å². The second-order valence-electron chi connectivity index (χ2n) is 20.9. The van der Waals surface area contributed by atoms with E-state index in [0.717, 1.165) is 84.2 Å². The Morgan fingerprint density at radius 2 is 1.17 bits per heavy atom. The van der Waals surface area contributed by atoms with Gasteiger partial charge in [-0.1, -0.05) is 87.4 Å². The number of benzene rings is 2. The molecule has 0 bridgehead atoms. The Kier molecular flexibility index (Phi) is 11.7. The van der Waals surface area contributed by atoms with Gasteiger partial charge in [-0.05, 0) is 187 Å². The summed E-state index contributed by atoms with van der Waals surface area (Å²) in [5.74, 6) is 4.86. The van der Waals surface area contributed by atoms with Crippen molar-refractivity contribution in [3.63, 3.8) is 0 Å². The van der Waals surface area contributed by atoms with Crippen LogP contribution in [-0.4, -0.2) is 41.9 Å². The van der Waals surface area contributed by atoms with Crippen LogP contribution in [0.1, 0.15) is 118 Å². The SMILES string of the molecule is C[C@]12CC[C@H](O)CC1=CCC1C2CC[C@]2(C)C(I)=CCC12.C[C@]12CC[C@H](O)CC1=CCC1C2CC[C@]2(C)C(n3cnc4ccccc43)=CCC12.I.c1ccc2[nH]cnc2c1. The largest absolute Gasteiger partial charge is 0.393 e. The van der Waals surface area contributed by atoms with Crippen LogP contribution < -0.4 is 0 Å². The van der Waals surface area contributed by atoms with Crippen LogP contribution >= 0.6 is 46.6 Å². The molecule has 320 valence electrons. The van der Waals surface area contributed by atoms with Crippen molar-refractivity contribution < 1.29 is 10.2 Å². The summed E-state index contributed by atoms with van der Waals surface area (Å²) in [7, 11) is 0. The lowest BCUT2D eigenvalue weighted by Gasteiger charge is -2.57. The van der Waals surface area contributed by atoms with Crippen molar-refractivity contribution >= 4 is 74.3 Å². The summed E-state index contributed by atoms with van der Waals surface area (Å²) >= 11 is 2.60. The smallest absolute Gasteiger partial charge is 0.100 e. The van der Waals surface area contributed by atoms with Crippen molar-refractivity contribution in [2.45, 2.75) is 130 Å². The Balaban J connectivity index is 0.000000130. The van der Waals surface area contributed by atoms with E-state index in [0.29, 0.717) is 16.2 Å². The van der Waals surface area contributed by atoms with Gasteiger partial charge in [0.05, 0.1) is 40.6 Å². The zero-order valence-corrected chi connectivity index (χ0v) is 40.6. The molecule has 12 atom stereocenters. The van der Waals surface area contributed by atoms with Crippen LogP contribution in [0.5, 0.6) is 0 Å². The number of para-hydroxylation sites is 4. The number of nitrogens with zero attached hydrogens (tertiary/aromatic N) is 3. The highest BCUT2D eigenvalue weighted by Crippen LogP contribution is 2.67. The number of aromatic amines is 1. The average Bonchev–Trinajstić information content (AvgIpc) is 4.03. The first-order valence-corrected chi connectivity index (χ1v) is 24.1. The predicted molar refractivity (Wildman–Crippen MR) is 264 cm³/mol. The van der Waals surface area contributed by atoms with Crippen molar-refractivity contribution in [1.82, 2.24) is 19.5 Å². The maximum Gasteiger partial charge on any atom is 0.100 e. The molecule has 4 saturated carbocycles. The summed E-state index contributed by atoms with van der Waals surface area (Å²) < 4.78 is 4.00. The quantitative estimate of drug-likeness (QED) is 0.131. The molecule has 4 aromatic rings. The molecule has 2 aromatic carbocycles. The molecular weight excluding hydrogens is 966 g/mol. The van der Waals surface area contributed by atoms with Gasteiger partial charge in [-0.3, -0.25) is 0 Å². The fourth-order valence-corrected chi connectivity index (χ4v) is 15.7. The Labute approximate surface area is 388 Å². The average molecular weight is 1030 g/mol. The minimum atomic E-state index is -0.117. The lowest BCUT2D eigenvalue weighted by atomic mass is 9.48. The number of allylic oxidation sites excluding steroid dienone is 6. The van der Waals surface area contributed by atoms with Gasteiger partial charge in [-0.2, -0.15) is 0 Å². The number of fused-ring (bicyclic) bond motifs is 12. The van der Waals surface area contributed by atoms with Crippen molar-refractivity contribution in [2.24, 2.45) is 57.2 Å². The Morgan fingerprint density at radius 3 is 1.82 bits per heavy atom. The first-order chi connectivity index (χ1) is 28.4. The van der Waals surface area contributed by atoms with Gasteiger partial charge in [-0.15, -0.1) is 24.0 Å². The minimum Gasteiger partial charge on any atom is -0.393 e. The van der Waals surface area contributed by atoms with E-state index in [1.165, 1.54) is 69.0 Å². The van der Waals surface area contributed by atoms with Gasteiger partial charge in [-0.25, -0.2) is 9.97 Å². The second kappa shape index (κ2) is 16.4. The molecule has 6 unspecified atom stereocenters. The van der Waals surface area contributed by atoms with E-state index >= 15 is 0 Å². The van der Waals surface area contributed by atoms with Crippen LogP contribution in [0.3, 0.4) is 0 Å². The number of aliphatic hydroxyl groups excluding tert-OH is 2. The molecule has 2 heterocycles. The fraction of sp³-hybridized carbons (Fsp3) is 0.577. The van der Waals surface area contributed by atoms with Gasteiger partial charge in [0.25, 0.3) is 0 Å². The summed E-state index contributed by atoms with van der Waals surface area (Å²) in [6, 6.07) is 16.5. The molecule has 8 heteroatoms. The van der Waals surface area contributed by atoms with E-state index in [9.17, 15) is 10.2 Å². The first kappa shape index (κ1) is 43.0. The number of hydrogen-bond acceptors (Lipinski definition) is 4. The van der Waals surface area contributed by atoms with Gasteiger partial charge in [0.1, 0.15) is 6.33 Å².